The fraction of sp³-hybridized carbons (Fsp3) is 0. The van der Waals surface area contributed by atoms with E-state index in [9.17, 15) is 18.8 Å². The Morgan fingerprint density at radius 1 is 1.46 bits per heavy atom. The molecule has 0 bridgehead atoms. The molecule has 1 aromatic heterocycles. The average molecular weight is 184 g/mol. The first-order valence-corrected chi connectivity index (χ1v) is 3.28. The molecule has 1 aromatic rings. The summed E-state index contributed by atoms with van der Waals surface area (Å²) in [6.07, 6.45) is 3.16. The molecule has 68 valence electrons. The molecule has 6 heteroatoms. The van der Waals surface area contributed by atoms with E-state index in [1.54, 1.807) is 4.98 Å². The van der Waals surface area contributed by atoms with Gasteiger partial charge >= 0.3 is 5.69 Å². The van der Waals surface area contributed by atoms with E-state index in [-0.39, 0.29) is 0 Å². The van der Waals surface area contributed by atoms with Crippen molar-refractivity contribution in [1.82, 2.24) is 9.55 Å². The summed E-state index contributed by atoms with van der Waals surface area (Å²) in [4.78, 5) is 33.0. The van der Waals surface area contributed by atoms with Crippen molar-refractivity contribution in [3.05, 3.63) is 38.9 Å². The number of carbonyl (C=O) groups is 1. The monoisotopic (exact) mass is 184 g/mol. The molecule has 1 rings (SSSR count). The van der Waals surface area contributed by atoms with Crippen molar-refractivity contribution in [2.45, 2.75) is 0 Å². The van der Waals surface area contributed by atoms with Crippen LogP contribution in [-0.4, -0.2) is 15.8 Å². The minimum absolute atomic E-state index is 0.426. The van der Waals surface area contributed by atoms with Crippen molar-refractivity contribution < 1.29 is 9.18 Å². The standard InChI is InChI=1S/C7H5FN2O3/c8-5-4-10(2-1-3-11)7(13)9-6(5)12/h1-4H,(H,9,12,13). The van der Waals surface area contributed by atoms with Crippen LogP contribution in [0.3, 0.4) is 0 Å². The zero-order valence-corrected chi connectivity index (χ0v) is 6.36. The van der Waals surface area contributed by atoms with Crippen molar-refractivity contribution in [2.75, 3.05) is 0 Å². The third-order valence-electron chi connectivity index (χ3n) is 1.25. The maximum atomic E-state index is 12.6. The van der Waals surface area contributed by atoms with Crippen LogP contribution in [0.5, 0.6) is 0 Å². The smallest absolute Gasteiger partial charge is 0.299 e. The molecule has 0 atom stereocenters. The van der Waals surface area contributed by atoms with Crippen molar-refractivity contribution in [2.24, 2.45) is 0 Å². The Morgan fingerprint density at radius 3 is 2.77 bits per heavy atom. The second-order valence-corrected chi connectivity index (χ2v) is 2.12. The van der Waals surface area contributed by atoms with E-state index >= 15 is 0 Å². The number of carbonyl (C=O) groups excluding carboxylic acids is 1. The van der Waals surface area contributed by atoms with Crippen LogP contribution in [0.2, 0.25) is 0 Å². The van der Waals surface area contributed by atoms with Crippen molar-refractivity contribution in [3.8, 4) is 0 Å². The molecule has 0 aliphatic rings. The predicted octanol–water partition coefficient (Wildman–Crippen LogP) is -0.655. The van der Waals surface area contributed by atoms with Crippen LogP contribution < -0.4 is 11.2 Å². The summed E-state index contributed by atoms with van der Waals surface area (Å²) in [5, 5.41) is 0. The number of rotatable bonds is 2. The van der Waals surface area contributed by atoms with Crippen LogP contribution in [0.1, 0.15) is 0 Å². The molecule has 0 unspecified atom stereocenters. The van der Waals surface area contributed by atoms with Crippen molar-refractivity contribution >= 4 is 12.5 Å². The zero-order valence-electron chi connectivity index (χ0n) is 6.36. The van der Waals surface area contributed by atoms with Crippen LogP contribution in [0.4, 0.5) is 4.39 Å². The lowest BCUT2D eigenvalue weighted by molar-refractivity contribution is -0.104. The Hall–Kier alpha value is -1.98. The minimum Gasteiger partial charge on any atom is -0.299 e. The van der Waals surface area contributed by atoms with Gasteiger partial charge in [0, 0.05) is 6.20 Å². The Balaban J connectivity index is 3.32. The van der Waals surface area contributed by atoms with Gasteiger partial charge in [-0.1, -0.05) is 0 Å². The first-order valence-electron chi connectivity index (χ1n) is 3.28. The molecule has 5 nitrogen and oxygen atoms in total. The Morgan fingerprint density at radius 2 is 2.15 bits per heavy atom. The molecule has 0 aliphatic carbocycles. The van der Waals surface area contributed by atoms with E-state index in [2.05, 4.69) is 0 Å². The molecule has 0 amide bonds. The quantitative estimate of drug-likeness (QED) is 0.490. The molecule has 0 saturated carbocycles. The Kier molecular flexibility index (Phi) is 2.53. The highest BCUT2D eigenvalue weighted by molar-refractivity contribution is 5.69. The van der Waals surface area contributed by atoms with E-state index in [0.29, 0.717) is 12.5 Å². The summed E-state index contributed by atoms with van der Waals surface area (Å²) in [7, 11) is 0. The highest BCUT2D eigenvalue weighted by Crippen LogP contribution is 1.84. The summed E-state index contributed by atoms with van der Waals surface area (Å²) in [5.74, 6) is -1.09. The number of halogens is 1. The van der Waals surface area contributed by atoms with Crippen LogP contribution in [0, 0.1) is 5.82 Å². The summed E-state index contributed by atoms with van der Waals surface area (Å²) < 4.78 is 13.3. The SMILES string of the molecule is O=CC=Cn1cc(F)c(=O)[nH]c1=O. The summed E-state index contributed by atoms with van der Waals surface area (Å²) in [5.41, 5.74) is -1.88. The number of H-pyrrole nitrogens is 1. The first kappa shape index (κ1) is 9.11. The lowest BCUT2D eigenvalue weighted by atomic mass is 10.6. The molecule has 0 aliphatic heterocycles. The molecule has 1 heterocycles. The number of aldehydes is 1. The average Bonchev–Trinajstić information content (AvgIpc) is 2.09. The Labute approximate surface area is 71.1 Å². The first-order chi connectivity index (χ1) is 6.15. The summed E-state index contributed by atoms with van der Waals surface area (Å²) >= 11 is 0. The van der Waals surface area contributed by atoms with Gasteiger partial charge in [-0.15, -0.1) is 0 Å². The molecular formula is C7H5FN2O3. The number of allylic oxidation sites excluding steroid dienone is 1. The van der Waals surface area contributed by atoms with Gasteiger partial charge < -0.3 is 0 Å². The second kappa shape index (κ2) is 3.61. The lowest BCUT2D eigenvalue weighted by Crippen LogP contribution is -2.28. The molecule has 0 saturated heterocycles. The normalized spacial score (nSPS) is 10.5. The largest absolute Gasteiger partial charge is 0.332 e. The molecule has 0 radical (unpaired) electrons. The minimum atomic E-state index is -1.09. The van der Waals surface area contributed by atoms with Gasteiger partial charge in [0.05, 0.1) is 6.20 Å². The van der Waals surface area contributed by atoms with E-state index in [1.807, 2.05) is 0 Å². The summed E-state index contributed by atoms with van der Waals surface area (Å²) in [6.45, 7) is 0. The molecule has 13 heavy (non-hydrogen) atoms. The van der Waals surface area contributed by atoms with Crippen LogP contribution in [-0.2, 0) is 4.79 Å². The van der Waals surface area contributed by atoms with Gasteiger partial charge in [-0.3, -0.25) is 19.1 Å². The number of nitrogens with zero attached hydrogens (tertiary/aromatic N) is 1. The third kappa shape index (κ3) is 1.98. The summed E-state index contributed by atoms with van der Waals surface area (Å²) in [6, 6.07) is 0. The van der Waals surface area contributed by atoms with E-state index in [4.69, 9.17) is 0 Å². The highest BCUT2D eigenvalue weighted by Gasteiger charge is 1.99. The van der Waals surface area contributed by atoms with Gasteiger partial charge in [0.2, 0.25) is 5.82 Å². The number of hydrogen-bond acceptors (Lipinski definition) is 3. The third-order valence-corrected chi connectivity index (χ3v) is 1.25. The zero-order chi connectivity index (χ0) is 9.84. The molecule has 0 spiro atoms. The molecular weight excluding hydrogens is 179 g/mol. The maximum absolute atomic E-state index is 12.6. The number of nitrogens with one attached hydrogen (secondary N) is 1. The number of aromatic amines is 1. The molecule has 1 N–H and O–H groups in total. The van der Waals surface area contributed by atoms with E-state index in [0.717, 1.165) is 16.8 Å². The van der Waals surface area contributed by atoms with Crippen LogP contribution >= 0.6 is 0 Å². The van der Waals surface area contributed by atoms with Crippen LogP contribution in [0.15, 0.2) is 21.9 Å². The van der Waals surface area contributed by atoms with Crippen molar-refractivity contribution in [1.29, 1.82) is 0 Å². The van der Waals surface area contributed by atoms with Gasteiger partial charge in [-0.2, -0.15) is 4.39 Å². The fourth-order valence-electron chi connectivity index (χ4n) is 0.699. The van der Waals surface area contributed by atoms with Crippen molar-refractivity contribution in [3.63, 3.8) is 0 Å². The van der Waals surface area contributed by atoms with Gasteiger partial charge in [-0.25, -0.2) is 4.79 Å². The van der Waals surface area contributed by atoms with Gasteiger partial charge in [0.1, 0.15) is 6.29 Å². The van der Waals surface area contributed by atoms with E-state index < -0.39 is 17.1 Å². The Bertz CT molecular complexity index is 458. The van der Waals surface area contributed by atoms with Crippen LogP contribution in [0.25, 0.3) is 6.20 Å². The topological polar surface area (TPSA) is 71.9 Å². The van der Waals surface area contributed by atoms with Gasteiger partial charge in [0.15, 0.2) is 0 Å². The molecule has 0 fully saturated rings. The second-order valence-electron chi connectivity index (χ2n) is 2.12. The number of aromatic nitrogens is 2. The molecule has 0 aromatic carbocycles. The number of hydrogen-bond donors (Lipinski definition) is 1. The fourth-order valence-corrected chi connectivity index (χ4v) is 0.699. The predicted molar refractivity (Wildman–Crippen MR) is 42.7 cm³/mol. The van der Waals surface area contributed by atoms with Gasteiger partial charge in [-0.05, 0) is 6.08 Å². The highest BCUT2D eigenvalue weighted by atomic mass is 19.1. The lowest BCUT2D eigenvalue weighted by Gasteiger charge is -1.94. The maximum Gasteiger partial charge on any atom is 0.332 e. The van der Waals surface area contributed by atoms with Gasteiger partial charge in [0.25, 0.3) is 5.56 Å². The van der Waals surface area contributed by atoms with E-state index in [1.165, 1.54) is 0 Å².